The largest absolute Gasteiger partial charge is 0.508 e. The third-order valence-electron chi connectivity index (χ3n) is 4.61. The number of carbonyl (C=O) groups excluding carboxylic acids is 1. The van der Waals surface area contributed by atoms with Crippen molar-refractivity contribution in [1.82, 2.24) is 0 Å². The highest BCUT2D eigenvalue weighted by atomic mass is 16.6. The molecule has 3 N–H and O–H groups in total. The summed E-state index contributed by atoms with van der Waals surface area (Å²) in [7, 11) is 0. The lowest BCUT2D eigenvalue weighted by molar-refractivity contribution is -0.0484. The lowest BCUT2D eigenvalue weighted by Gasteiger charge is -2.27. The van der Waals surface area contributed by atoms with Gasteiger partial charge in [-0.25, -0.2) is 4.79 Å². The minimum atomic E-state index is -0.738. The number of rotatable bonds is 8. The molecule has 0 fully saturated rings. The van der Waals surface area contributed by atoms with Crippen LogP contribution < -0.4 is 5.32 Å². The van der Waals surface area contributed by atoms with E-state index in [2.05, 4.69) is 5.32 Å². The lowest BCUT2D eigenvalue weighted by atomic mass is 10.0. The number of hydrogen-bond acceptors (Lipinski definition) is 5. The van der Waals surface area contributed by atoms with Crippen LogP contribution in [0.2, 0.25) is 0 Å². The molecule has 0 heterocycles. The maximum Gasteiger partial charge on any atom is 0.412 e. The number of phenolic OH excluding ortho intramolecular Hbond substituents is 1. The SMILES string of the molecule is CCO[C@H](CCO)[C@H](OC(=O)Nc1cccc2ccccc12)c1ccc(O)cc1. The first-order valence-corrected chi connectivity index (χ1v) is 9.59. The number of amides is 1. The van der Waals surface area contributed by atoms with Crippen molar-refractivity contribution in [3.8, 4) is 5.75 Å². The molecule has 2 atom stereocenters. The number of benzene rings is 3. The molecule has 152 valence electrons. The van der Waals surface area contributed by atoms with E-state index in [9.17, 15) is 15.0 Å². The van der Waals surface area contributed by atoms with Crippen molar-refractivity contribution in [3.63, 3.8) is 0 Å². The molecule has 0 radical (unpaired) electrons. The van der Waals surface area contributed by atoms with Crippen LogP contribution in [0, 0.1) is 0 Å². The molecule has 0 aliphatic carbocycles. The number of aliphatic hydroxyl groups is 1. The summed E-state index contributed by atoms with van der Waals surface area (Å²) in [4.78, 5) is 12.7. The zero-order chi connectivity index (χ0) is 20.6. The summed E-state index contributed by atoms with van der Waals surface area (Å²) >= 11 is 0. The van der Waals surface area contributed by atoms with Crippen molar-refractivity contribution < 1.29 is 24.5 Å². The van der Waals surface area contributed by atoms with Crippen LogP contribution in [0.4, 0.5) is 10.5 Å². The molecule has 3 rings (SSSR count). The Bertz CT molecular complexity index is 930. The van der Waals surface area contributed by atoms with Crippen LogP contribution in [0.3, 0.4) is 0 Å². The van der Waals surface area contributed by atoms with Gasteiger partial charge < -0.3 is 19.7 Å². The van der Waals surface area contributed by atoms with Gasteiger partial charge in [0.25, 0.3) is 0 Å². The standard InChI is InChI=1S/C23H25NO5/c1-2-28-21(14-15-25)22(17-10-12-18(26)13-11-17)29-23(27)24-20-9-5-7-16-6-3-4-8-19(16)20/h3-13,21-22,25-26H,2,14-15H2,1H3,(H,24,27)/t21-,22-/m1/s1. The van der Waals surface area contributed by atoms with Crippen LogP contribution in [0.25, 0.3) is 10.8 Å². The Labute approximate surface area is 169 Å². The van der Waals surface area contributed by atoms with E-state index in [1.807, 2.05) is 49.4 Å². The van der Waals surface area contributed by atoms with Crippen molar-refractivity contribution in [1.29, 1.82) is 0 Å². The number of phenols is 1. The average Bonchev–Trinajstić information content (AvgIpc) is 2.73. The Morgan fingerprint density at radius 1 is 1.03 bits per heavy atom. The van der Waals surface area contributed by atoms with Crippen molar-refractivity contribution in [2.75, 3.05) is 18.5 Å². The van der Waals surface area contributed by atoms with E-state index in [0.29, 0.717) is 24.3 Å². The quantitative estimate of drug-likeness (QED) is 0.518. The number of ether oxygens (including phenoxy) is 2. The van der Waals surface area contributed by atoms with Crippen molar-refractivity contribution >= 4 is 22.6 Å². The number of nitrogens with one attached hydrogen (secondary N) is 1. The molecule has 0 unspecified atom stereocenters. The van der Waals surface area contributed by atoms with Crippen molar-refractivity contribution in [3.05, 3.63) is 72.3 Å². The number of aromatic hydroxyl groups is 1. The molecule has 6 heteroatoms. The number of carbonyl (C=O) groups is 1. The van der Waals surface area contributed by atoms with Crippen LogP contribution in [-0.4, -0.2) is 35.6 Å². The Morgan fingerprint density at radius 2 is 1.76 bits per heavy atom. The van der Waals surface area contributed by atoms with Gasteiger partial charge in [0.2, 0.25) is 0 Å². The summed E-state index contributed by atoms with van der Waals surface area (Å²) in [5, 5.41) is 23.7. The zero-order valence-corrected chi connectivity index (χ0v) is 16.2. The summed E-state index contributed by atoms with van der Waals surface area (Å²) in [5.41, 5.74) is 1.32. The molecule has 3 aromatic carbocycles. The predicted octanol–water partition coefficient (Wildman–Crippen LogP) is 4.62. The van der Waals surface area contributed by atoms with Crippen LogP contribution in [0.15, 0.2) is 66.7 Å². The summed E-state index contributed by atoms with van der Waals surface area (Å²) in [5.74, 6) is 0.114. The molecule has 29 heavy (non-hydrogen) atoms. The highest BCUT2D eigenvalue weighted by Gasteiger charge is 2.27. The number of aliphatic hydroxyl groups excluding tert-OH is 1. The van der Waals surface area contributed by atoms with E-state index < -0.39 is 18.3 Å². The Kier molecular flexibility index (Phi) is 7.05. The summed E-state index contributed by atoms with van der Waals surface area (Å²) in [6.07, 6.45) is -1.58. The topological polar surface area (TPSA) is 88.0 Å². The van der Waals surface area contributed by atoms with Gasteiger partial charge in [0.05, 0.1) is 5.69 Å². The third-order valence-corrected chi connectivity index (χ3v) is 4.61. The normalized spacial score (nSPS) is 13.0. The van der Waals surface area contributed by atoms with E-state index in [-0.39, 0.29) is 12.4 Å². The first kappa shape index (κ1) is 20.6. The maximum absolute atomic E-state index is 12.7. The second-order valence-corrected chi connectivity index (χ2v) is 6.58. The summed E-state index contributed by atoms with van der Waals surface area (Å²) in [6, 6.07) is 19.8. The van der Waals surface area contributed by atoms with Gasteiger partial charge in [-0.3, -0.25) is 5.32 Å². The molecule has 3 aromatic rings. The molecule has 0 aromatic heterocycles. The van der Waals surface area contributed by atoms with E-state index in [4.69, 9.17) is 9.47 Å². The van der Waals surface area contributed by atoms with Gasteiger partial charge in [0.1, 0.15) is 11.9 Å². The predicted molar refractivity (Wildman–Crippen MR) is 112 cm³/mol. The molecule has 0 saturated heterocycles. The Balaban J connectivity index is 1.84. The van der Waals surface area contributed by atoms with Crippen LogP contribution in [0.1, 0.15) is 25.0 Å². The molecule has 0 spiro atoms. The molecule has 1 amide bonds. The minimum Gasteiger partial charge on any atom is -0.508 e. The lowest BCUT2D eigenvalue weighted by Crippen LogP contribution is -2.29. The summed E-state index contributed by atoms with van der Waals surface area (Å²) in [6.45, 7) is 2.15. The second-order valence-electron chi connectivity index (χ2n) is 6.58. The molecular formula is C23H25NO5. The maximum atomic E-state index is 12.7. The second kappa shape index (κ2) is 9.91. The van der Waals surface area contributed by atoms with E-state index in [0.717, 1.165) is 10.8 Å². The van der Waals surface area contributed by atoms with Gasteiger partial charge in [0, 0.05) is 25.0 Å². The van der Waals surface area contributed by atoms with E-state index >= 15 is 0 Å². The number of fused-ring (bicyclic) bond motifs is 1. The molecule has 0 aliphatic heterocycles. The Morgan fingerprint density at radius 3 is 2.48 bits per heavy atom. The monoisotopic (exact) mass is 395 g/mol. The zero-order valence-electron chi connectivity index (χ0n) is 16.2. The molecule has 0 saturated carbocycles. The fourth-order valence-electron chi connectivity index (χ4n) is 3.28. The van der Waals surface area contributed by atoms with Crippen molar-refractivity contribution in [2.24, 2.45) is 0 Å². The third kappa shape index (κ3) is 5.25. The van der Waals surface area contributed by atoms with E-state index in [1.165, 1.54) is 12.1 Å². The number of hydrogen-bond donors (Lipinski definition) is 3. The van der Waals surface area contributed by atoms with Gasteiger partial charge in [-0.15, -0.1) is 0 Å². The highest BCUT2D eigenvalue weighted by molar-refractivity contribution is 6.00. The first-order valence-electron chi connectivity index (χ1n) is 9.59. The van der Waals surface area contributed by atoms with Gasteiger partial charge >= 0.3 is 6.09 Å². The van der Waals surface area contributed by atoms with Crippen LogP contribution in [-0.2, 0) is 9.47 Å². The molecule has 6 nitrogen and oxygen atoms in total. The van der Waals surface area contributed by atoms with Crippen molar-refractivity contribution in [2.45, 2.75) is 25.6 Å². The van der Waals surface area contributed by atoms with E-state index in [1.54, 1.807) is 12.1 Å². The average molecular weight is 395 g/mol. The molecule has 0 aliphatic rings. The fourth-order valence-corrected chi connectivity index (χ4v) is 3.28. The van der Waals surface area contributed by atoms with Gasteiger partial charge in [-0.1, -0.05) is 48.5 Å². The minimum absolute atomic E-state index is 0.104. The van der Waals surface area contributed by atoms with Crippen LogP contribution >= 0.6 is 0 Å². The fraction of sp³-hybridized carbons (Fsp3) is 0.261. The molecule has 0 bridgehead atoms. The van der Waals surface area contributed by atoms with Gasteiger partial charge in [0.15, 0.2) is 6.10 Å². The Hall–Kier alpha value is -3.09. The van der Waals surface area contributed by atoms with Gasteiger partial charge in [-0.05, 0) is 36.1 Å². The molecular weight excluding hydrogens is 370 g/mol. The number of anilines is 1. The first-order chi connectivity index (χ1) is 14.1. The smallest absolute Gasteiger partial charge is 0.412 e. The van der Waals surface area contributed by atoms with Gasteiger partial charge in [-0.2, -0.15) is 0 Å². The van der Waals surface area contributed by atoms with Crippen LogP contribution in [0.5, 0.6) is 5.75 Å². The summed E-state index contributed by atoms with van der Waals surface area (Å²) < 4.78 is 11.5. The highest BCUT2D eigenvalue weighted by Crippen LogP contribution is 2.29.